The third-order valence-electron chi connectivity index (χ3n) is 2.00. The average molecular weight is 293 g/mol. The van der Waals surface area contributed by atoms with Crippen molar-refractivity contribution in [2.24, 2.45) is 5.73 Å². The molecule has 7 nitrogen and oxygen atoms in total. The van der Waals surface area contributed by atoms with Crippen LogP contribution in [0.1, 0.15) is 12.6 Å². The number of nitrogens with zero attached hydrogens (tertiary/aromatic N) is 2. The number of rotatable bonds is 6. The Balaban J connectivity index is 2.78. The Labute approximate surface area is 112 Å². The van der Waals surface area contributed by atoms with E-state index in [0.717, 1.165) is 6.07 Å². The van der Waals surface area contributed by atoms with E-state index in [-0.39, 0.29) is 24.9 Å². The second-order valence-electron chi connectivity index (χ2n) is 3.58. The highest BCUT2D eigenvalue weighted by molar-refractivity contribution is 5.64. The first-order valence-corrected chi connectivity index (χ1v) is 5.69. The fourth-order valence-electron chi connectivity index (χ4n) is 1.25. The molecule has 0 fully saturated rings. The summed E-state index contributed by atoms with van der Waals surface area (Å²) in [7, 11) is 0. The lowest BCUT2D eigenvalue weighted by Crippen LogP contribution is -2.19. The number of alkyl halides is 3. The van der Waals surface area contributed by atoms with Crippen molar-refractivity contribution in [1.29, 1.82) is 0 Å². The van der Waals surface area contributed by atoms with Gasteiger partial charge in [0.1, 0.15) is 12.4 Å². The maximum absolute atomic E-state index is 12.7. The van der Waals surface area contributed by atoms with Crippen molar-refractivity contribution in [3.63, 3.8) is 0 Å². The summed E-state index contributed by atoms with van der Waals surface area (Å²) in [5.74, 6) is -0.169. The van der Waals surface area contributed by atoms with E-state index in [4.69, 9.17) is 5.73 Å². The van der Waals surface area contributed by atoms with E-state index in [1.165, 1.54) is 0 Å². The summed E-state index contributed by atoms with van der Waals surface area (Å²) in [5, 5.41) is 5.19. The molecule has 0 aliphatic heterocycles. The molecule has 1 amide bonds. The van der Waals surface area contributed by atoms with E-state index in [0.29, 0.717) is 6.54 Å². The molecule has 4 N–H and O–H groups in total. The molecule has 0 radical (unpaired) electrons. The van der Waals surface area contributed by atoms with Gasteiger partial charge in [0.25, 0.3) is 0 Å². The van der Waals surface area contributed by atoms with Gasteiger partial charge in [-0.15, -0.1) is 0 Å². The summed E-state index contributed by atoms with van der Waals surface area (Å²) in [6.07, 6.45) is -5.54. The van der Waals surface area contributed by atoms with E-state index in [9.17, 15) is 18.0 Å². The van der Waals surface area contributed by atoms with Gasteiger partial charge in [-0.1, -0.05) is 0 Å². The molecule has 20 heavy (non-hydrogen) atoms. The molecule has 0 saturated heterocycles. The first kappa shape index (κ1) is 15.8. The number of ether oxygens (including phenoxy) is 1. The Hall–Kier alpha value is -2.26. The molecule has 0 aliphatic carbocycles. The number of nitrogens with two attached hydrogens (primary N) is 1. The fraction of sp³-hybridized carbons (Fsp3) is 0.500. The normalized spacial score (nSPS) is 11.0. The molecule has 0 aliphatic rings. The van der Waals surface area contributed by atoms with Gasteiger partial charge < -0.3 is 21.1 Å². The van der Waals surface area contributed by atoms with Gasteiger partial charge in [0.2, 0.25) is 5.95 Å². The summed E-state index contributed by atoms with van der Waals surface area (Å²) in [6.45, 7) is 2.07. The predicted molar refractivity (Wildman–Crippen MR) is 65.2 cm³/mol. The lowest BCUT2D eigenvalue weighted by Gasteiger charge is -2.12. The minimum Gasteiger partial charge on any atom is -0.448 e. The number of hydrogen-bond acceptors (Lipinski definition) is 6. The quantitative estimate of drug-likeness (QED) is 0.686. The Morgan fingerprint density at radius 2 is 2.10 bits per heavy atom. The number of primary amides is 1. The van der Waals surface area contributed by atoms with E-state index < -0.39 is 18.0 Å². The van der Waals surface area contributed by atoms with Crippen molar-refractivity contribution in [2.75, 3.05) is 30.3 Å². The highest BCUT2D eigenvalue weighted by Crippen LogP contribution is 2.29. The number of hydrogen-bond donors (Lipinski definition) is 3. The van der Waals surface area contributed by atoms with Crippen molar-refractivity contribution in [1.82, 2.24) is 9.97 Å². The second kappa shape index (κ2) is 6.78. The SMILES string of the molecule is CCNc1nc(NCCOC(N)=O)cc(C(F)(F)F)n1. The summed E-state index contributed by atoms with van der Waals surface area (Å²) in [4.78, 5) is 17.5. The summed E-state index contributed by atoms with van der Waals surface area (Å²) in [6, 6.07) is 0.769. The van der Waals surface area contributed by atoms with Crippen LogP contribution in [0.15, 0.2) is 6.07 Å². The van der Waals surface area contributed by atoms with Crippen LogP contribution >= 0.6 is 0 Å². The molecule has 10 heteroatoms. The number of carbonyl (C=O) groups is 1. The van der Waals surface area contributed by atoms with Crippen LogP contribution < -0.4 is 16.4 Å². The molecule has 1 rings (SSSR count). The van der Waals surface area contributed by atoms with Gasteiger partial charge >= 0.3 is 12.3 Å². The third-order valence-corrected chi connectivity index (χ3v) is 2.00. The molecular formula is C10H14F3N5O2. The average Bonchev–Trinajstić information content (AvgIpc) is 2.33. The number of nitrogens with one attached hydrogen (secondary N) is 2. The minimum absolute atomic E-state index is 0.0312. The Kier molecular flexibility index (Phi) is 5.35. The lowest BCUT2D eigenvalue weighted by molar-refractivity contribution is -0.141. The van der Waals surface area contributed by atoms with Crippen LogP contribution in [0.2, 0.25) is 0 Å². The van der Waals surface area contributed by atoms with Crippen LogP contribution in [0.3, 0.4) is 0 Å². The molecule has 1 aromatic heterocycles. The van der Waals surface area contributed by atoms with Crippen LogP contribution in [0.4, 0.5) is 29.7 Å². The zero-order valence-electron chi connectivity index (χ0n) is 10.6. The molecule has 0 aromatic carbocycles. The summed E-state index contributed by atoms with van der Waals surface area (Å²) >= 11 is 0. The van der Waals surface area contributed by atoms with Crippen molar-refractivity contribution in [3.8, 4) is 0 Å². The highest BCUT2D eigenvalue weighted by Gasteiger charge is 2.33. The predicted octanol–water partition coefficient (Wildman–Crippen LogP) is 1.43. The van der Waals surface area contributed by atoms with Gasteiger partial charge in [0, 0.05) is 12.6 Å². The fourth-order valence-corrected chi connectivity index (χ4v) is 1.25. The maximum Gasteiger partial charge on any atom is 0.433 e. The monoisotopic (exact) mass is 293 g/mol. The van der Waals surface area contributed by atoms with Crippen LogP contribution in [-0.4, -0.2) is 35.8 Å². The number of carbonyl (C=O) groups excluding carboxylic acids is 1. The van der Waals surface area contributed by atoms with E-state index in [1.807, 2.05) is 0 Å². The van der Waals surface area contributed by atoms with Crippen molar-refractivity contribution < 1.29 is 22.7 Å². The molecule has 1 aromatic rings. The van der Waals surface area contributed by atoms with Crippen LogP contribution in [0.5, 0.6) is 0 Å². The number of aromatic nitrogens is 2. The molecule has 0 bridgehead atoms. The standard InChI is InChI=1S/C10H14F3N5O2/c1-2-15-9-17-6(10(11,12)13)5-7(18-9)16-3-4-20-8(14)19/h5H,2-4H2,1H3,(H2,14,19)(H2,15,16,17,18). The Bertz CT molecular complexity index is 467. The van der Waals surface area contributed by atoms with Crippen molar-refractivity contribution in [3.05, 3.63) is 11.8 Å². The zero-order valence-corrected chi connectivity index (χ0v) is 10.6. The molecule has 1 heterocycles. The van der Waals surface area contributed by atoms with E-state index >= 15 is 0 Å². The number of anilines is 2. The van der Waals surface area contributed by atoms with Crippen molar-refractivity contribution >= 4 is 17.9 Å². The first-order chi connectivity index (χ1) is 9.32. The van der Waals surface area contributed by atoms with E-state index in [2.05, 4.69) is 25.3 Å². The van der Waals surface area contributed by atoms with Gasteiger partial charge in [0.15, 0.2) is 5.69 Å². The molecule has 112 valence electrons. The molecule has 0 saturated carbocycles. The number of amides is 1. The minimum atomic E-state index is -4.58. The molecule has 0 unspecified atom stereocenters. The van der Waals surface area contributed by atoms with Gasteiger partial charge in [-0.2, -0.15) is 18.2 Å². The Morgan fingerprint density at radius 3 is 2.65 bits per heavy atom. The van der Waals surface area contributed by atoms with Gasteiger partial charge in [-0.3, -0.25) is 0 Å². The van der Waals surface area contributed by atoms with Crippen LogP contribution in [0, 0.1) is 0 Å². The van der Waals surface area contributed by atoms with Crippen LogP contribution in [-0.2, 0) is 10.9 Å². The maximum atomic E-state index is 12.7. The van der Waals surface area contributed by atoms with E-state index in [1.54, 1.807) is 6.92 Å². The second-order valence-corrected chi connectivity index (χ2v) is 3.58. The van der Waals surface area contributed by atoms with Gasteiger partial charge in [-0.05, 0) is 6.92 Å². The third kappa shape index (κ3) is 5.16. The summed E-state index contributed by atoms with van der Waals surface area (Å²) in [5.41, 5.74) is 3.68. The Morgan fingerprint density at radius 1 is 1.40 bits per heavy atom. The topological polar surface area (TPSA) is 102 Å². The number of halogens is 3. The zero-order chi connectivity index (χ0) is 15.2. The van der Waals surface area contributed by atoms with Crippen LogP contribution in [0.25, 0.3) is 0 Å². The molecular weight excluding hydrogens is 279 g/mol. The first-order valence-electron chi connectivity index (χ1n) is 5.69. The largest absolute Gasteiger partial charge is 0.448 e. The smallest absolute Gasteiger partial charge is 0.433 e. The van der Waals surface area contributed by atoms with Crippen molar-refractivity contribution in [2.45, 2.75) is 13.1 Å². The summed E-state index contributed by atoms with van der Waals surface area (Å²) < 4.78 is 42.4. The van der Waals surface area contributed by atoms with Gasteiger partial charge in [0.05, 0.1) is 6.54 Å². The highest BCUT2D eigenvalue weighted by atomic mass is 19.4. The molecule has 0 spiro atoms. The lowest BCUT2D eigenvalue weighted by atomic mass is 10.3. The molecule has 0 atom stereocenters. The van der Waals surface area contributed by atoms with Gasteiger partial charge in [-0.25, -0.2) is 9.78 Å².